The van der Waals surface area contributed by atoms with Gasteiger partial charge in [0.2, 0.25) is 0 Å². The molecule has 1 atom stereocenters. The summed E-state index contributed by atoms with van der Waals surface area (Å²) in [5.74, 6) is 0.633. The maximum absolute atomic E-state index is 5.76. The lowest BCUT2D eigenvalue weighted by Gasteiger charge is -2.37. The van der Waals surface area contributed by atoms with E-state index in [1.807, 2.05) is 0 Å². The molecule has 0 aromatic carbocycles. The van der Waals surface area contributed by atoms with Crippen LogP contribution in [0.3, 0.4) is 0 Å². The Bertz CT molecular complexity index is 233. The fourth-order valence-corrected chi connectivity index (χ4v) is 2.59. The normalized spacial score (nSPS) is 28.8. The Morgan fingerprint density at radius 3 is 2.83 bits per heavy atom. The van der Waals surface area contributed by atoms with Crippen molar-refractivity contribution >= 4 is 0 Å². The molecule has 1 saturated heterocycles. The first kappa shape index (κ1) is 14.3. The molecule has 1 saturated carbocycles. The van der Waals surface area contributed by atoms with Gasteiger partial charge in [0, 0.05) is 37.8 Å². The van der Waals surface area contributed by atoms with Gasteiger partial charge in [0.05, 0.1) is 6.61 Å². The molecule has 3 heteroatoms. The zero-order chi connectivity index (χ0) is 12.8. The van der Waals surface area contributed by atoms with Crippen LogP contribution in [0.25, 0.3) is 0 Å². The van der Waals surface area contributed by atoms with Gasteiger partial charge in [0.15, 0.2) is 0 Å². The molecule has 18 heavy (non-hydrogen) atoms. The van der Waals surface area contributed by atoms with Crippen molar-refractivity contribution in [1.82, 2.24) is 5.32 Å². The van der Waals surface area contributed by atoms with Gasteiger partial charge in [-0.2, -0.15) is 0 Å². The van der Waals surface area contributed by atoms with Crippen molar-refractivity contribution in [3.8, 4) is 0 Å². The van der Waals surface area contributed by atoms with Crippen LogP contribution in [0.1, 0.15) is 46.0 Å². The third-order valence-corrected chi connectivity index (χ3v) is 3.98. The van der Waals surface area contributed by atoms with Gasteiger partial charge in [-0.05, 0) is 38.0 Å². The summed E-state index contributed by atoms with van der Waals surface area (Å²) in [6.45, 7) is 9.14. The number of hydrogen-bond donors (Lipinski definition) is 1. The second kappa shape index (κ2) is 6.88. The van der Waals surface area contributed by atoms with Crippen molar-refractivity contribution in [3.05, 3.63) is 0 Å². The summed E-state index contributed by atoms with van der Waals surface area (Å²) < 4.78 is 11.5. The predicted octanol–water partition coefficient (Wildman–Crippen LogP) is 2.60. The predicted molar refractivity (Wildman–Crippen MR) is 73.8 cm³/mol. The molecule has 0 spiro atoms. The minimum Gasteiger partial charge on any atom is -0.381 e. The first-order valence-corrected chi connectivity index (χ1v) is 7.59. The summed E-state index contributed by atoms with van der Waals surface area (Å²) >= 11 is 0. The molecule has 1 aliphatic heterocycles. The molecule has 0 amide bonds. The lowest BCUT2D eigenvalue weighted by atomic mass is 9.79. The highest BCUT2D eigenvalue weighted by atomic mass is 16.5. The molecule has 1 N–H and O–H groups in total. The Labute approximate surface area is 112 Å². The number of nitrogens with one attached hydrogen (secondary N) is 1. The highest BCUT2D eigenvalue weighted by Crippen LogP contribution is 2.33. The minimum atomic E-state index is 0.331. The van der Waals surface area contributed by atoms with Crippen molar-refractivity contribution in [2.24, 2.45) is 11.3 Å². The smallest absolute Gasteiger partial charge is 0.0535 e. The van der Waals surface area contributed by atoms with E-state index in [1.54, 1.807) is 0 Å². The van der Waals surface area contributed by atoms with Gasteiger partial charge in [0.1, 0.15) is 0 Å². The summed E-state index contributed by atoms with van der Waals surface area (Å²) in [7, 11) is 0. The second-order valence-corrected chi connectivity index (χ2v) is 6.53. The van der Waals surface area contributed by atoms with E-state index in [9.17, 15) is 0 Å². The van der Waals surface area contributed by atoms with Crippen LogP contribution in [0.2, 0.25) is 0 Å². The van der Waals surface area contributed by atoms with E-state index in [4.69, 9.17) is 9.47 Å². The molecule has 2 rings (SSSR count). The summed E-state index contributed by atoms with van der Waals surface area (Å²) in [6, 6.07) is 0.792. The monoisotopic (exact) mass is 255 g/mol. The molecule has 0 aromatic rings. The lowest BCUT2D eigenvalue weighted by Crippen LogP contribution is -2.42. The average molecular weight is 255 g/mol. The average Bonchev–Trinajstić information content (AvgIpc) is 3.18. The van der Waals surface area contributed by atoms with Crippen LogP contribution in [0.5, 0.6) is 0 Å². The molecule has 0 aromatic heterocycles. The molecule has 2 aliphatic rings. The van der Waals surface area contributed by atoms with Crippen LogP contribution in [0.4, 0.5) is 0 Å². The molecule has 106 valence electrons. The van der Waals surface area contributed by atoms with Crippen molar-refractivity contribution in [2.45, 2.75) is 52.0 Å². The van der Waals surface area contributed by atoms with E-state index in [-0.39, 0.29) is 0 Å². The fourth-order valence-electron chi connectivity index (χ4n) is 2.59. The molecular formula is C15H29NO2. The van der Waals surface area contributed by atoms with E-state index in [1.165, 1.54) is 25.7 Å². The first-order valence-electron chi connectivity index (χ1n) is 7.59. The van der Waals surface area contributed by atoms with E-state index < -0.39 is 0 Å². The maximum Gasteiger partial charge on any atom is 0.0535 e. The zero-order valence-corrected chi connectivity index (χ0v) is 12.0. The Balaban J connectivity index is 1.71. The third kappa shape index (κ3) is 4.87. The van der Waals surface area contributed by atoms with Gasteiger partial charge in [-0.25, -0.2) is 0 Å². The first-order chi connectivity index (χ1) is 8.70. The van der Waals surface area contributed by atoms with Crippen molar-refractivity contribution in [3.63, 3.8) is 0 Å². The topological polar surface area (TPSA) is 30.5 Å². The maximum atomic E-state index is 5.76. The Kier molecular flexibility index (Phi) is 5.46. The highest BCUT2D eigenvalue weighted by molar-refractivity contribution is 4.89. The molecule has 1 unspecified atom stereocenters. The van der Waals surface area contributed by atoms with Gasteiger partial charge in [-0.3, -0.25) is 0 Å². The van der Waals surface area contributed by atoms with E-state index in [0.717, 1.165) is 45.4 Å². The van der Waals surface area contributed by atoms with E-state index in [0.29, 0.717) is 11.3 Å². The second-order valence-electron chi connectivity index (χ2n) is 6.53. The Hall–Kier alpha value is -0.120. The zero-order valence-electron chi connectivity index (χ0n) is 12.0. The summed E-state index contributed by atoms with van der Waals surface area (Å²) in [5, 5.41) is 3.68. The number of rotatable bonds is 8. The molecule has 1 aliphatic carbocycles. The SMILES string of the molecule is CC(C)COCCC1(CNC2CC2)CCCOC1. The Morgan fingerprint density at radius 2 is 2.22 bits per heavy atom. The standard InChI is InChI=1S/C15H29NO2/c1-13(2)10-17-9-7-15(6-3-8-18-12-15)11-16-14-4-5-14/h13-14,16H,3-12H2,1-2H3. The highest BCUT2D eigenvalue weighted by Gasteiger charge is 2.34. The van der Waals surface area contributed by atoms with Crippen molar-refractivity contribution in [2.75, 3.05) is 33.0 Å². The lowest BCUT2D eigenvalue weighted by molar-refractivity contribution is -0.0291. The van der Waals surface area contributed by atoms with Crippen LogP contribution in [-0.4, -0.2) is 39.0 Å². The fraction of sp³-hybridized carbons (Fsp3) is 1.00. The van der Waals surface area contributed by atoms with Gasteiger partial charge in [-0.1, -0.05) is 13.8 Å². The molecule has 1 heterocycles. The van der Waals surface area contributed by atoms with Gasteiger partial charge >= 0.3 is 0 Å². The molecule has 0 radical (unpaired) electrons. The van der Waals surface area contributed by atoms with Crippen LogP contribution < -0.4 is 5.32 Å². The summed E-state index contributed by atoms with van der Waals surface area (Å²) in [5.41, 5.74) is 0.331. The third-order valence-electron chi connectivity index (χ3n) is 3.98. The van der Waals surface area contributed by atoms with Crippen molar-refractivity contribution < 1.29 is 9.47 Å². The number of ether oxygens (including phenoxy) is 2. The molecule has 0 bridgehead atoms. The van der Waals surface area contributed by atoms with Crippen LogP contribution in [0, 0.1) is 11.3 Å². The van der Waals surface area contributed by atoms with Crippen LogP contribution in [-0.2, 0) is 9.47 Å². The molecular weight excluding hydrogens is 226 g/mol. The van der Waals surface area contributed by atoms with E-state index in [2.05, 4.69) is 19.2 Å². The molecule has 2 fully saturated rings. The van der Waals surface area contributed by atoms with Crippen LogP contribution >= 0.6 is 0 Å². The van der Waals surface area contributed by atoms with Crippen LogP contribution in [0.15, 0.2) is 0 Å². The van der Waals surface area contributed by atoms with Crippen molar-refractivity contribution in [1.29, 1.82) is 0 Å². The Morgan fingerprint density at radius 1 is 1.39 bits per heavy atom. The minimum absolute atomic E-state index is 0.331. The largest absolute Gasteiger partial charge is 0.381 e. The summed E-state index contributed by atoms with van der Waals surface area (Å²) in [6.07, 6.45) is 6.36. The molecule has 3 nitrogen and oxygen atoms in total. The van der Waals surface area contributed by atoms with Gasteiger partial charge < -0.3 is 14.8 Å². The quantitative estimate of drug-likeness (QED) is 0.676. The van der Waals surface area contributed by atoms with Gasteiger partial charge in [-0.15, -0.1) is 0 Å². The number of hydrogen-bond acceptors (Lipinski definition) is 3. The summed E-state index contributed by atoms with van der Waals surface area (Å²) in [4.78, 5) is 0. The van der Waals surface area contributed by atoms with E-state index >= 15 is 0 Å². The van der Waals surface area contributed by atoms with Gasteiger partial charge in [0.25, 0.3) is 0 Å².